The van der Waals surface area contributed by atoms with E-state index in [1.165, 1.54) is 6.26 Å². The summed E-state index contributed by atoms with van der Waals surface area (Å²) in [6.07, 6.45) is 1.19. The summed E-state index contributed by atoms with van der Waals surface area (Å²) in [5.41, 5.74) is 1.87. The van der Waals surface area contributed by atoms with E-state index in [0.717, 1.165) is 18.7 Å². The third-order valence-corrected chi connectivity index (χ3v) is 6.23. The number of aromatic nitrogens is 2. The van der Waals surface area contributed by atoms with Crippen LogP contribution in [0.1, 0.15) is 5.69 Å². The number of carbonyl (C=O) groups excluding carboxylic acids is 1. The van der Waals surface area contributed by atoms with Gasteiger partial charge in [-0.3, -0.25) is 9.69 Å². The van der Waals surface area contributed by atoms with Crippen molar-refractivity contribution in [2.24, 2.45) is 0 Å². The molecule has 1 N–H and O–H groups in total. The van der Waals surface area contributed by atoms with Crippen molar-refractivity contribution in [3.05, 3.63) is 36.0 Å². The van der Waals surface area contributed by atoms with Crippen molar-refractivity contribution < 1.29 is 22.7 Å². The maximum atomic E-state index is 12.3. The molecule has 0 aliphatic carbocycles. The van der Waals surface area contributed by atoms with Crippen molar-refractivity contribution in [3.8, 4) is 11.4 Å². The van der Waals surface area contributed by atoms with Gasteiger partial charge in [0.15, 0.2) is 15.7 Å². The molecule has 2 aliphatic rings. The second-order valence-electron chi connectivity index (χ2n) is 8.22. The number of hydrogen-bond donors (Lipinski definition) is 1. The quantitative estimate of drug-likeness (QED) is 0.621. The molecule has 33 heavy (non-hydrogen) atoms. The zero-order chi connectivity index (χ0) is 23.3. The molecule has 0 saturated carbocycles. The summed E-state index contributed by atoms with van der Waals surface area (Å²) in [6.45, 7) is 5.67. The third kappa shape index (κ3) is 6.94. The maximum Gasteiger partial charge on any atom is 0.238 e. The molecule has 0 bridgehead atoms. The van der Waals surface area contributed by atoms with Crippen LogP contribution >= 0.6 is 0 Å². The maximum absolute atomic E-state index is 12.3. The number of morpholine rings is 2. The summed E-state index contributed by atoms with van der Waals surface area (Å²) in [5.74, 6) is 0.898. The van der Waals surface area contributed by atoms with Crippen molar-refractivity contribution in [1.29, 1.82) is 0 Å². The molecule has 1 aromatic carbocycles. The monoisotopic (exact) mass is 475 g/mol. The molecule has 4 rings (SSSR count). The van der Waals surface area contributed by atoms with Crippen LogP contribution in [0.2, 0.25) is 0 Å². The van der Waals surface area contributed by atoms with E-state index in [0.29, 0.717) is 69.1 Å². The highest BCUT2D eigenvalue weighted by Gasteiger charge is 2.18. The minimum Gasteiger partial charge on any atom is -0.379 e. The Bertz CT molecular complexity index is 1070. The number of anilines is 2. The van der Waals surface area contributed by atoms with Crippen LogP contribution in [0.25, 0.3) is 11.4 Å². The molecule has 0 radical (unpaired) electrons. The lowest BCUT2D eigenvalue weighted by Gasteiger charge is -2.28. The molecule has 2 aliphatic heterocycles. The van der Waals surface area contributed by atoms with Gasteiger partial charge < -0.3 is 19.7 Å². The summed E-state index contributed by atoms with van der Waals surface area (Å²) in [6, 6.07) is 8.98. The molecule has 2 aromatic rings. The lowest BCUT2D eigenvalue weighted by molar-refractivity contribution is -0.118. The molecule has 2 saturated heterocycles. The average molecular weight is 476 g/mol. The smallest absolute Gasteiger partial charge is 0.238 e. The second kappa shape index (κ2) is 10.6. The van der Waals surface area contributed by atoms with Gasteiger partial charge in [0.2, 0.25) is 5.91 Å². The van der Waals surface area contributed by atoms with E-state index in [1.54, 1.807) is 18.2 Å². The van der Waals surface area contributed by atoms with Gasteiger partial charge in [0.05, 0.1) is 44.4 Å². The molecule has 10 nitrogen and oxygen atoms in total. The first-order valence-corrected chi connectivity index (χ1v) is 13.0. The fraction of sp³-hybridized carbons (Fsp3) is 0.500. The Morgan fingerprint density at radius 2 is 1.64 bits per heavy atom. The zero-order valence-corrected chi connectivity index (χ0v) is 19.5. The minimum absolute atomic E-state index is 0.0781. The number of hydrogen-bond acceptors (Lipinski definition) is 9. The number of benzene rings is 1. The second-order valence-corrected chi connectivity index (χ2v) is 10.4. The van der Waals surface area contributed by atoms with Crippen molar-refractivity contribution in [2.75, 3.05) is 75.6 Å². The molecule has 1 amide bonds. The number of sulfone groups is 1. The molecular formula is C22H29N5O5S. The minimum atomic E-state index is -3.25. The van der Waals surface area contributed by atoms with E-state index in [1.807, 2.05) is 12.1 Å². The third-order valence-electron chi connectivity index (χ3n) is 5.41. The topological polar surface area (TPSA) is 114 Å². The molecule has 1 aromatic heterocycles. The van der Waals surface area contributed by atoms with Gasteiger partial charge >= 0.3 is 0 Å². The standard InChI is InChI=1S/C22H29N5O5S/c1-33(29,30)16-19-14-20(27-8-12-32-13-9-27)25-22(24-19)17-2-4-18(5-3-17)23-21(28)15-26-6-10-31-11-7-26/h2-5,14H,6-13,15-16H2,1H3,(H,23,28). The number of carbonyl (C=O) groups is 1. The Morgan fingerprint density at radius 3 is 2.27 bits per heavy atom. The van der Waals surface area contributed by atoms with Crippen LogP contribution in [0.15, 0.2) is 30.3 Å². The summed E-state index contributed by atoms with van der Waals surface area (Å²) in [4.78, 5) is 25.7. The first-order valence-electron chi connectivity index (χ1n) is 10.9. The van der Waals surface area contributed by atoms with E-state index < -0.39 is 9.84 Å². The molecular weight excluding hydrogens is 446 g/mol. The van der Waals surface area contributed by atoms with Crippen LogP contribution < -0.4 is 10.2 Å². The van der Waals surface area contributed by atoms with E-state index in [2.05, 4.69) is 25.1 Å². The van der Waals surface area contributed by atoms with E-state index in [4.69, 9.17) is 9.47 Å². The highest BCUT2D eigenvalue weighted by atomic mass is 32.2. The number of rotatable bonds is 7. The summed E-state index contributed by atoms with van der Waals surface area (Å²) >= 11 is 0. The summed E-state index contributed by atoms with van der Waals surface area (Å²) < 4.78 is 34.5. The Labute approximate surface area is 193 Å². The fourth-order valence-electron chi connectivity index (χ4n) is 3.77. The normalized spacial score (nSPS) is 17.7. The lowest BCUT2D eigenvalue weighted by Crippen LogP contribution is -2.41. The van der Waals surface area contributed by atoms with Crippen LogP contribution in [0, 0.1) is 0 Å². The molecule has 0 atom stereocenters. The van der Waals surface area contributed by atoms with Gasteiger partial charge in [0.25, 0.3) is 0 Å². The van der Waals surface area contributed by atoms with Crippen LogP contribution in [0.3, 0.4) is 0 Å². The first-order chi connectivity index (χ1) is 15.9. The average Bonchev–Trinajstić information content (AvgIpc) is 2.79. The van der Waals surface area contributed by atoms with Crippen LogP contribution in [0.5, 0.6) is 0 Å². The highest BCUT2D eigenvalue weighted by molar-refractivity contribution is 7.89. The Morgan fingerprint density at radius 1 is 1.00 bits per heavy atom. The van der Waals surface area contributed by atoms with Crippen molar-refractivity contribution >= 4 is 27.2 Å². The van der Waals surface area contributed by atoms with Gasteiger partial charge in [-0.15, -0.1) is 0 Å². The van der Waals surface area contributed by atoms with Crippen molar-refractivity contribution in [3.63, 3.8) is 0 Å². The predicted octanol–water partition coefficient (Wildman–Crippen LogP) is 0.796. The Kier molecular flexibility index (Phi) is 7.53. The van der Waals surface area contributed by atoms with E-state index in [9.17, 15) is 13.2 Å². The predicted molar refractivity (Wildman–Crippen MR) is 125 cm³/mol. The van der Waals surface area contributed by atoms with Crippen molar-refractivity contribution in [1.82, 2.24) is 14.9 Å². The first kappa shape index (κ1) is 23.6. The highest BCUT2D eigenvalue weighted by Crippen LogP contribution is 2.23. The van der Waals surface area contributed by atoms with Crippen LogP contribution in [-0.4, -0.2) is 94.6 Å². The fourth-order valence-corrected chi connectivity index (χ4v) is 4.46. The van der Waals surface area contributed by atoms with E-state index >= 15 is 0 Å². The molecule has 3 heterocycles. The lowest BCUT2D eigenvalue weighted by atomic mass is 10.2. The number of nitrogens with one attached hydrogen (secondary N) is 1. The SMILES string of the molecule is CS(=O)(=O)Cc1cc(N2CCOCC2)nc(-c2ccc(NC(=O)CN3CCOCC3)cc2)n1. The number of ether oxygens (including phenoxy) is 2. The van der Waals surface area contributed by atoms with Gasteiger partial charge in [-0.05, 0) is 24.3 Å². The van der Waals surface area contributed by atoms with Gasteiger partial charge in [0.1, 0.15) is 5.82 Å². The Hall–Kier alpha value is -2.60. The van der Waals surface area contributed by atoms with Gasteiger partial charge in [-0.2, -0.15) is 0 Å². The van der Waals surface area contributed by atoms with Crippen molar-refractivity contribution in [2.45, 2.75) is 5.75 Å². The Balaban J connectivity index is 1.50. The largest absolute Gasteiger partial charge is 0.379 e. The van der Waals surface area contributed by atoms with Crippen LogP contribution in [-0.2, 0) is 29.9 Å². The molecule has 178 valence electrons. The molecule has 11 heteroatoms. The molecule has 0 spiro atoms. The van der Waals surface area contributed by atoms with Crippen LogP contribution in [0.4, 0.5) is 11.5 Å². The number of amides is 1. The summed E-state index contributed by atoms with van der Waals surface area (Å²) in [7, 11) is -3.25. The van der Waals surface area contributed by atoms with Gasteiger partial charge in [0, 0.05) is 49.8 Å². The summed E-state index contributed by atoms with van der Waals surface area (Å²) in [5, 5.41) is 2.91. The molecule has 0 unspecified atom stereocenters. The van der Waals surface area contributed by atoms with Gasteiger partial charge in [-0.25, -0.2) is 18.4 Å². The van der Waals surface area contributed by atoms with Gasteiger partial charge in [-0.1, -0.05) is 0 Å². The number of nitrogens with zero attached hydrogens (tertiary/aromatic N) is 4. The molecule has 2 fully saturated rings. The zero-order valence-electron chi connectivity index (χ0n) is 18.7. The van der Waals surface area contributed by atoms with E-state index in [-0.39, 0.29) is 11.7 Å².